The van der Waals surface area contributed by atoms with Crippen LogP contribution in [0.4, 0.5) is 5.69 Å². The monoisotopic (exact) mass is 309 g/mol. The van der Waals surface area contributed by atoms with E-state index >= 15 is 0 Å². The van der Waals surface area contributed by atoms with Crippen LogP contribution in [0.25, 0.3) is 0 Å². The molecule has 0 aromatic heterocycles. The van der Waals surface area contributed by atoms with Gasteiger partial charge >= 0.3 is 0 Å². The van der Waals surface area contributed by atoms with Crippen molar-refractivity contribution in [3.05, 3.63) is 28.8 Å². The molecule has 0 saturated carbocycles. The third-order valence-electron chi connectivity index (χ3n) is 4.21. The van der Waals surface area contributed by atoms with Gasteiger partial charge in [0.2, 0.25) is 0 Å². The van der Waals surface area contributed by atoms with Crippen molar-refractivity contribution in [1.29, 1.82) is 0 Å². The summed E-state index contributed by atoms with van der Waals surface area (Å²) < 4.78 is 0. The average Bonchev–Trinajstić information content (AvgIpc) is 2.50. The predicted molar refractivity (Wildman–Crippen MR) is 87.7 cm³/mol. The number of hydrogen-bond acceptors (Lipinski definition) is 3. The minimum atomic E-state index is 0.0207. The number of carbonyl (C=O) groups excluding carboxylic acids is 1. The average molecular weight is 310 g/mol. The summed E-state index contributed by atoms with van der Waals surface area (Å²) in [4.78, 5) is 16.8. The van der Waals surface area contributed by atoms with Crippen LogP contribution in [-0.2, 0) is 0 Å². The molecule has 1 aromatic carbocycles. The van der Waals surface area contributed by atoms with Gasteiger partial charge in [-0.15, -0.1) is 0 Å². The largest absolute Gasteiger partial charge is 0.398 e. The van der Waals surface area contributed by atoms with Crippen LogP contribution in [0.3, 0.4) is 0 Å². The van der Waals surface area contributed by atoms with Crippen molar-refractivity contribution in [2.45, 2.75) is 32.2 Å². The lowest BCUT2D eigenvalue weighted by atomic mass is 10.0. The zero-order chi connectivity index (χ0) is 15.4. The predicted octanol–water partition coefficient (Wildman–Crippen LogP) is 2.87. The van der Waals surface area contributed by atoms with E-state index in [0.717, 1.165) is 32.5 Å². The van der Waals surface area contributed by atoms with Crippen LogP contribution < -0.4 is 5.73 Å². The highest BCUT2D eigenvalue weighted by Gasteiger charge is 2.25. The minimum absolute atomic E-state index is 0.0207. The van der Waals surface area contributed by atoms with E-state index in [4.69, 9.17) is 17.3 Å². The minimum Gasteiger partial charge on any atom is -0.398 e. The lowest BCUT2D eigenvalue weighted by Gasteiger charge is -2.36. The second-order valence-corrected chi connectivity index (χ2v) is 6.13. The molecule has 0 atom stereocenters. The van der Waals surface area contributed by atoms with E-state index in [0.29, 0.717) is 22.3 Å². The van der Waals surface area contributed by atoms with Gasteiger partial charge in [0.15, 0.2) is 0 Å². The van der Waals surface area contributed by atoms with Gasteiger partial charge in [-0.1, -0.05) is 18.5 Å². The topological polar surface area (TPSA) is 49.6 Å². The third-order valence-corrected chi connectivity index (χ3v) is 4.55. The number of likely N-dealkylation sites (tertiary alicyclic amines) is 1. The van der Waals surface area contributed by atoms with Crippen LogP contribution >= 0.6 is 11.6 Å². The summed E-state index contributed by atoms with van der Waals surface area (Å²) in [5, 5.41) is 0.488. The van der Waals surface area contributed by atoms with Gasteiger partial charge in [0, 0.05) is 31.7 Å². The van der Waals surface area contributed by atoms with E-state index in [1.54, 1.807) is 18.2 Å². The third kappa shape index (κ3) is 3.89. The van der Waals surface area contributed by atoms with Crippen LogP contribution in [0.2, 0.25) is 5.02 Å². The smallest absolute Gasteiger partial charge is 0.253 e. The number of nitrogen functional groups attached to an aromatic ring is 1. The van der Waals surface area contributed by atoms with Crippen molar-refractivity contribution in [2.75, 3.05) is 32.4 Å². The van der Waals surface area contributed by atoms with Gasteiger partial charge in [0.25, 0.3) is 5.91 Å². The molecule has 0 spiro atoms. The normalized spacial score (nSPS) is 16.9. The molecule has 0 unspecified atom stereocenters. The van der Waals surface area contributed by atoms with Gasteiger partial charge in [-0.05, 0) is 44.0 Å². The molecule has 21 heavy (non-hydrogen) atoms. The Kier molecular flexibility index (Phi) is 5.48. The fourth-order valence-electron chi connectivity index (χ4n) is 2.89. The Morgan fingerprint density at radius 2 is 2.10 bits per heavy atom. The second kappa shape index (κ2) is 7.14. The Labute approximate surface area is 131 Å². The molecule has 0 radical (unpaired) electrons. The summed E-state index contributed by atoms with van der Waals surface area (Å²) in [6.07, 6.45) is 3.25. The molecule has 1 aromatic rings. The van der Waals surface area contributed by atoms with Gasteiger partial charge in [0.05, 0.1) is 10.7 Å². The van der Waals surface area contributed by atoms with Crippen molar-refractivity contribution < 1.29 is 4.79 Å². The fraction of sp³-hybridized carbons (Fsp3) is 0.562. The number of piperidine rings is 1. The molecule has 0 aliphatic carbocycles. The first-order chi connectivity index (χ1) is 10.0. The molecule has 1 amide bonds. The molecule has 1 saturated heterocycles. The molecular weight excluding hydrogens is 286 g/mol. The number of carbonyl (C=O) groups is 1. The Morgan fingerprint density at radius 1 is 1.43 bits per heavy atom. The molecule has 1 aliphatic rings. The number of rotatable bonds is 4. The summed E-state index contributed by atoms with van der Waals surface area (Å²) in [5.74, 6) is 0.0207. The van der Waals surface area contributed by atoms with E-state index in [9.17, 15) is 4.79 Å². The number of halogens is 1. The molecule has 2 rings (SSSR count). The highest BCUT2D eigenvalue weighted by atomic mass is 35.5. The Morgan fingerprint density at radius 3 is 2.67 bits per heavy atom. The van der Waals surface area contributed by atoms with Crippen molar-refractivity contribution >= 4 is 23.2 Å². The van der Waals surface area contributed by atoms with Gasteiger partial charge < -0.3 is 15.5 Å². The number of nitrogens with zero attached hydrogens (tertiary/aromatic N) is 2. The van der Waals surface area contributed by atoms with E-state index in [-0.39, 0.29) is 5.91 Å². The van der Waals surface area contributed by atoms with E-state index in [1.165, 1.54) is 6.42 Å². The van der Waals surface area contributed by atoms with E-state index in [2.05, 4.69) is 11.8 Å². The summed E-state index contributed by atoms with van der Waals surface area (Å²) in [5.41, 5.74) is 6.84. The van der Waals surface area contributed by atoms with E-state index in [1.807, 2.05) is 11.9 Å². The van der Waals surface area contributed by atoms with Gasteiger partial charge in [0.1, 0.15) is 0 Å². The maximum Gasteiger partial charge on any atom is 0.253 e. The second-order valence-electron chi connectivity index (χ2n) is 5.73. The zero-order valence-electron chi connectivity index (χ0n) is 12.8. The quantitative estimate of drug-likeness (QED) is 0.870. The highest BCUT2D eigenvalue weighted by molar-refractivity contribution is 6.33. The molecule has 1 heterocycles. The lowest BCUT2D eigenvalue weighted by Crippen LogP contribution is -2.45. The lowest BCUT2D eigenvalue weighted by molar-refractivity contribution is 0.0643. The molecule has 2 N–H and O–H groups in total. The van der Waals surface area contributed by atoms with Crippen molar-refractivity contribution in [1.82, 2.24) is 9.80 Å². The highest BCUT2D eigenvalue weighted by Crippen LogP contribution is 2.22. The van der Waals surface area contributed by atoms with Gasteiger partial charge in [-0.25, -0.2) is 0 Å². The summed E-state index contributed by atoms with van der Waals surface area (Å²) in [7, 11) is 1.88. The van der Waals surface area contributed by atoms with Crippen LogP contribution in [0.1, 0.15) is 36.5 Å². The summed E-state index contributed by atoms with van der Waals surface area (Å²) in [6, 6.07) is 5.39. The number of amides is 1. The van der Waals surface area contributed by atoms with E-state index < -0.39 is 0 Å². The first-order valence-electron chi connectivity index (χ1n) is 7.57. The van der Waals surface area contributed by atoms with Crippen LogP contribution in [-0.4, -0.2) is 48.4 Å². The van der Waals surface area contributed by atoms with Crippen LogP contribution in [0.5, 0.6) is 0 Å². The Hall–Kier alpha value is -1.26. The number of hydrogen-bond donors (Lipinski definition) is 1. The van der Waals surface area contributed by atoms with Gasteiger partial charge in [-0.2, -0.15) is 0 Å². The molecule has 1 fully saturated rings. The molecule has 1 aliphatic heterocycles. The molecule has 5 heteroatoms. The van der Waals surface area contributed by atoms with Crippen LogP contribution in [0.15, 0.2) is 18.2 Å². The fourth-order valence-corrected chi connectivity index (χ4v) is 3.01. The van der Waals surface area contributed by atoms with Crippen molar-refractivity contribution in [3.63, 3.8) is 0 Å². The molecule has 0 bridgehead atoms. The Balaban J connectivity index is 1.98. The zero-order valence-corrected chi connectivity index (χ0v) is 13.6. The molecule has 116 valence electrons. The first kappa shape index (κ1) is 16.1. The number of nitrogens with two attached hydrogens (primary N) is 1. The van der Waals surface area contributed by atoms with Crippen molar-refractivity contribution in [2.24, 2.45) is 0 Å². The SMILES string of the molecule is CCCN1CCC(N(C)C(=O)c2ccc(Cl)c(N)c2)CC1. The summed E-state index contributed by atoms with van der Waals surface area (Å²) in [6.45, 7) is 5.49. The van der Waals surface area contributed by atoms with Crippen LogP contribution in [0, 0.1) is 0 Å². The molecular formula is C16H24ClN3O. The maximum atomic E-state index is 12.5. The standard InChI is InChI=1S/C16H24ClN3O/c1-3-8-20-9-6-13(7-10-20)19(2)16(21)12-4-5-14(17)15(18)11-12/h4-5,11,13H,3,6-10,18H2,1-2H3. The maximum absolute atomic E-state index is 12.5. The molecule has 4 nitrogen and oxygen atoms in total. The Bertz CT molecular complexity index is 498. The number of benzene rings is 1. The summed E-state index contributed by atoms with van der Waals surface area (Å²) >= 11 is 5.90. The van der Waals surface area contributed by atoms with Gasteiger partial charge in [-0.3, -0.25) is 4.79 Å². The van der Waals surface area contributed by atoms with Crippen molar-refractivity contribution in [3.8, 4) is 0 Å². The number of anilines is 1. The first-order valence-corrected chi connectivity index (χ1v) is 7.95.